The van der Waals surface area contributed by atoms with E-state index in [2.05, 4.69) is 27.3 Å². The molecule has 0 aliphatic rings. The molecule has 1 atom stereocenters. The Morgan fingerprint density at radius 1 is 1.29 bits per heavy atom. The molecule has 0 bridgehead atoms. The molecule has 0 aliphatic carbocycles. The maximum atomic E-state index is 12.4. The number of nitrogens with one attached hydrogen (secondary N) is 1. The van der Waals surface area contributed by atoms with Crippen LogP contribution in [0.1, 0.15) is 23.7 Å². The van der Waals surface area contributed by atoms with Crippen molar-refractivity contribution < 1.29 is 4.79 Å². The van der Waals surface area contributed by atoms with Crippen molar-refractivity contribution in [1.82, 2.24) is 25.1 Å². The van der Waals surface area contributed by atoms with Crippen LogP contribution in [0.2, 0.25) is 0 Å². The summed E-state index contributed by atoms with van der Waals surface area (Å²) in [5, 5.41) is 8.17. The fourth-order valence-corrected chi connectivity index (χ4v) is 2.97. The van der Waals surface area contributed by atoms with Crippen LogP contribution in [0.5, 0.6) is 0 Å². The minimum absolute atomic E-state index is 0.00843. The molecular formula is C18H21N5O. The Bertz CT molecular complexity index is 857. The molecule has 0 unspecified atom stereocenters. The molecule has 1 N–H and O–H groups in total. The standard InChI is InChI=1S/C18H21N5O/c1-12(9-23-11-19-10-20-23)21-18(24)8-16-13(2)15-6-4-5-7-17(15)22-14(16)3/h4-7,10-12H,8-9H2,1-3H3,(H,21,24)/t12-/m0/s1. The van der Waals surface area contributed by atoms with Gasteiger partial charge in [-0.3, -0.25) is 14.5 Å². The number of hydrogen-bond donors (Lipinski definition) is 1. The summed E-state index contributed by atoms with van der Waals surface area (Å²) in [6.07, 6.45) is 3.46. The third kappa shape index (κ3) is 3.42. The second-order valence-corrected chi connectivity index (χ2v) is 6.08. The predicted octanol–water partition coefficient (Wildman–Crippen LogP) is 2.19. The van der Waals surface area contributed by atoms with Crippen LogP contribution in [-0.2, 0) is 17.8 Å². The average molecular weight is 323 g/mol. The molecule has 1 aromatic carbocycles. The first kappa shape index (κ1) is 16.1. The Balaban J connectivity index is 1.73. The summed E-state index contributed by atoms with van der Waals surface area (Å²) in [5.74, 6) is -0.00843. The lowest BCUT2D eigenvalue weighted by Gasteiger charge is -2.16. The number of fused-ring (bicyclic) bond motifs is 1. The summed E-state index contributed by atoms with van der Waals surface area (Å²) < 4.78 is 1.71. The summed E-state index contributed by atoms with van der Waals surface area (Å²) in [4.78, 5) is 20.9. The molecule has 24 heavy (non-hydrogen) atoms. The number of amides is 1. The van der Waals surface area contributed by atoms with Crippen LogP contribution in [0.25, 0.3) is 10.9 Å². The molecule has 0 saturated heterocycles. The van der Waals surface area contributed by atoms with Crippen molar-refractivity contribution >= 4 is 16.8 Å². The van der Waals surface area contributed by atoms with Gasteiger partial charge in [-0.25, -0.2) is 4.98 Å². The Kier molecular flexibility index (Phi) is 4.55. The number of hydrogen-bond acceptors (Lipinski definition) is 4. The molecule has 6 heteroatoms. The average Bonchev–Trinajstić information content (AvgIpc) is 3.04. The summed E-state index contributed by atoms with van der Waals surface area (Å²) in [6.45, 7) is 6.57. The number of carbonyl (C=O) groups is 1. The fraction of sp³-hybridized carbons (Fsp3) is 0.333. The van der Waals surface area contributed by atoms with E-state index in [1.807, 2.05) is 38.1 Å². The SMILES string of the molecule is Cc1nc2ccccc2c(C)c1CC(=O)N[C@@H](C)Cn1cncn1. The smallest absolute Gasteiger partial charge is 0.224 e. The molecule has 0 fully saturated rings. The quantitative estimate of drug-likeness (QED) is 0.781. The number of aromatic nitrogens is 4. The minimum atomic E-state index is -0.0202. The van der Waals surface area contributed by atoms with Gasteiger partial charge in [-0.15, -0.1) is 0 Å². The van der Waals surface area contributed by atoms with Crippen LogP contribution in [0.4, 0.5) is 0 Å². The van der Waals surface area contributed by atoms with Crippen LogP contribution < -0.4 is 5.32 Å². The molecule has 124 valence electrons. The first-order valence-corrected chi connectivity index (χ1v) is 8.01. The van der Waals surface area contributed by atoms with Gasteiger partial charge >= 0.3 is 0 Å². The summed E-state index contributed by atoms with van der Waals surface area (Å²) in [6, 6.07) is 8.00. The van der Waals surface area contributed by atoms with Gasteiger partial charge in [0.05, 0.1) is 18.5 Å². The molecular weight excluding hydrogens is 302 g/mol. The van der Waals surface area contributed by atoms with Gasteiger partial charge in [0.2, 0.25) is 5.91 Å². The van der Waals surface area contributed by atoms with Crippen molar-refractivity contribution in [2.24, 2.45) is 0 Å². The van der Waals surface area contributed by atoms with Gasteiger partial charge in [0.1, 0.15) is 12.7 Å². The van der Waals surface area contributed by atoms with Crippen molar-refractivity contribution in [2.45, 2.75) is 39.8 Å². The Labute approximate surface area is 140 Å². The molecule has 3 rings (SSSR count). The highest BCUT2D eigenvalue weighted by molar-refractivity contribution is 5.86. The molecule has 0 radical (unpaired) electrons. The molecule has 2 heterocycles. The lowest BCUT2D eigenvalue weighted by molar-refractivity contribution is -0.121. The van der Waals surface area contributed by atoms with E-state index < -0.39 is 0 Å². The normalized spacial score (nSPS) is 12.3. The molecule has 0 aliphatic heterocycles. The van der Waals surface area contributed by atoms with Crippen molar-refractivity contribution in [3.63, 3.8) is 0 Å². The maximum Gasteiger partial charge on any atom is 0.224 e. The number of para-hydroxylation sites is 1. The highest BCUT2D eigenvalue weighted by Crippen LogP contribution is 2.22. The predicted molar refractivity (Wildman–Crippen MR) is 92.5 cm³/mol. The third-order valence-corrected chi connectivity index (χ3v) is 4.16. The van der Waals surface area contributed by atoms with Gasteiger partial charge in [-0.1, -0.05) is 18.2 Å². The summed E-state index contributed by atoms with van der Waals surface area (Å²) in [5.41, 5.74) is 4.00. The zero-order valence-corrected chi connectivity index (χ0v) is 14.2. The first-order valence-electron chi connectivity index (χ1n) is 8.01. The highest BCUT2D eigenvalue weighted by Gasteiger charge is 2.14. The number of benzene rings is 1. The maximum absolute atomic E-state index is 12.4. The van der Waals surface area contributed by atoms with Crippen LogP contribution >= 0.6 is 0 Å². The second kappa shape index (κ2) is 6.78. The van der Waals surface area contributed by atoms with Gasteiger partial charge in [-0.2, -0.15) is 5.10 Å². The molecule has 2 aromatic heterocycles. The van der Waals surface area contributed by atoms with Crippen molar-refractivity contribution in [3.05, 3.63) is 53.7 Å². The van der Waals surface area contributed by atoms with Crippen LogP contribution in [0.3, 0.4) is 0 Å². The second-order valence-electron chi connectivity index (χ2n) is 6.08. The van der Waals surface area contributed by atoms with E-state index >= 15 is 0 Å². The lowest BCUT2D eigenvalue weighted by Crippen LogP contribution is -2.37. The van der Waals surface area contributed by atoms with Gasteiger partial charge in [0.25, 0.3) is 0 Å². The largest absolute Gasteiger partial charge is 0.351 e. The Hall–Kier alpha value is -2.76. The van der Waals surface area contributed by atoms with Gasteiger partial charge in [0, 0.05) is 17.1 Å². The van der Waals surface area contributed by atoms with E-state index in [-0.39, 0.29) is 11.9 Å². The summed E-state index contributed by atoms with van der Waals surface area (Å²) >= 11 is 0. The number of nitrogens with zero attached hydrogens (tertiary/aromatic N) is 4. The zero-order chi connectivity index (χ0) is 17.1. The van der Waals surface area contributed by atoms with Gasteiger partial charge < -0.3 is 5.32 Å². The number of rotatable bonds is 5. The highest BCUT2D eigenvalue weighted by atomic mass is 16.1. The van der Waals surface area contributed by atoms with Crippen LogP contribution in [0, 0.1) is 13.8 Å². The third-order valence-electron chi connectivity index (χ3n) is 4.16. The van der Waals surface area contributed by atoms with E-state index in [0.29, 0.717) is 13.0 Å². The molecule has 0 spiro atoms. The first-order chi connectivity index (χ1) is 11.5. The van der Waals surface area contributed by atoms with E-state index in [9.17, 15) is 4.79 Å². The monoisotopic (exact) mass is 323 g/mol. The van der Waals surface area contributed by atoms with E-state index in [1.165, 1.54) is 6.33 Å². The Morgan fingerprint density at radius 2 is 2.08 bits per heavy atom. The number of pyridine rings is 1. The van der Waals surface area contributed by atoms with E-state index in [1.54, 1.807) is 11.0 Å². The van der Waals surface area contributed by atoms with Crippen molar-refractivity contribution in [1.29, 1.82) is 0 Å². The van der Waals surface area contributed by atoms with Gasteiger partial charge in [0.15, 0.2) is 0 Å². The van der Waals surface area contributed by atoms with E-state index in [4.69, 9.17) is 0 Å². The van der Waals surface area contributed by atoms with Crippen LogP contribution in [0.15, 0.2) is 36.9 Å². The van der Waals surface area contributed by atoms with Crippen LogP contribution in [-0.4, -0.2) is 31.7 Å². The molecule has 1 amide bonds. The van der Waals surface area contributed by atoms with Gasteiger partial charge in [-0.05, 0) is 38.0 Å². The minimum Gasteiger partial charge on any atom is -0.351 e. The van der Waals surface area contributed by atoms with Crippen molar-refractivity contribution in [3.8, 4) is 0 Å². The number of aryl methyl sites for hydroxylation is 2. The Morgan fingerprint density at radius 3 is 2.83 bits per heavy atom. The lowest BCUT2D eigenvalue weighted by atomic mass is 9.99. The number of carbonyl (C=O) groups excluding carboxylic acids is 1. The topological polar surface area (TPSA) is 72.7 Å². The van der Waals surface area contributed by atoms with Crippen molar-refractivity contribution in [2.75, 3.05) is 0 Å². The zero-order valence-electron chi connectivity index (χ0n) is 14.2. The molecule has 6 nitrogen and oxygen atoms in total. The molecule has 3 aromatic rings. The molecule has 0 saturated carbocycles. The fourth-order valence-electron chi connectivity index (χ4n) is 2.97. The van der Waals surface area contributed by atoms with E-state index in [0.717, 1.165) is 27.7 Å². The summed E-state index contributed by atoms with van der Waals surface area (Å²) in [7, 11) is 0.